The smallest absolute Gasteiger partial charge is 0.0974 e. The Labute approximate surface area is 186 Å². The molecule has 0 saturated carbocycles. The van der Waals surface area contributed by atoms with Crippen LogP contribution in [0.5, 0.6) is 0 Å². The van der Waals surface area contributed by atoms with Crippen LogP contribution in [0.4, 0.5) is 0 Å². The van der Waals surface area contributed by atoms with Crippen LogP contribution in [0.25, 0.3) is 0 Å². The number of likely N-dealkylation sites (N-methyl/N-ethyl adjacent to an activating group) is 1. The standard InChI is InChI=1S/C24H38N6O/c1-7-10-22-24(19-13-27-30(15-19)20(8-2)9-3)28-21(16-29(22)6)18(11-25)12-26-14-23(31)17(4)5/h10-13,15-17,20,23,31H,7-9,14,25H2,1-6H3/b18-11?,22-10-,26-12?. The molecule has 0 spiro atoms. The van der Waals surface area contributed by atoms with E-state index in [1.807, 2.05) is 38.0 Å². The van der Waals surface area contributed by atoms with Crippen LogP contribution >= 0.6 is 0 Å². The first-order chi connectivity index (χ1) is 14.9. The first kappa shape index (κ1) is 24.6. The Hall–Kier alpha value is -2.67. The van der Waals surface area contributed by atoms with Gasteiger partial charge >= 0.3 is 0 Å². The molecule has 0 fully saturated rings. The highest BCUT2D eigenvalue weighted by molar-refractivity contribution is 6.13. The van der Waals surface area contributed by atoms with Gasteiger partial charge in [0.25, 0.3) is 0 Å². The third-order valence-corrected chi connectivity index (χ3v) is 5.53. The quantitative estimate of drug-likeness (QED) is 0.552. The molecule has 0 aliphatic carbocycles. The van der Waals surface area contributed by atoms with Crippen LogP contribution in [0.15, 0.2) is 57.8 Å². The van der Waals surface area contributed by atoms with Crippen molar-refractivity contribution in [1.82, 2.24) is 14.7 Å². The van der Waals surface area contributed by atoms with Gasteiger partial charge in [-0.1, -0.05) is 40.7 Å². The molecule has 1 aromatic heterocycles. The lowest BCUT2D eigenvalue weighted by atomic mass is 10.1. The number of aliphatic hydroxyl groups is 1. The molecular formula is C24H38N6O. The van der Waals surface area contributed by atoms with Crippen molar-refractivity contribution in [2.75, 3.05) is 13.6 Å². The molecule has 0 radical (unpaired) electrons. The van der Waals surface area contributed by atoms with E-state index in [-0.39, 0.29) is 5.92 Å². The summed E-state index contributed by atoms with van der Waals surface area (Å²) < 4.78 is 2.04. The number of aliphatic hydroxyl groups excluding tert-OH is 1. The van der Waals surface area contributed by atoms with Gasteiger partial charge in [0.1, 0.15) is 0 Å². The van der Waals surface area contributed by atoms with Crippen LogP contribution in [-0.4, -0.2) is 51.4 Å². The van der Waals surface area contributed by atoms with E-state index >= 15 is 0 Å². The Morgan fingerprint density at radius 3 is 2.55 bits per heavy atom. The second-order valence-corrected chi connectivity index (χ2v) is 8.19. The number of nitrogens with two attached hydrogens (primary N) is 1. The third kappa shape index (κ3) is 6.17. The molecule has 0 aromatic carbocycles. The van der Waals surface area contributed by atoms with E-state index in [0.717, 1.165) is 41.9 Å². The maximum absolute atomic E-state index is 10.0. The predicted molar refractivity (Wildman–Crippen MR) is 129 cm³/mol. The summed E-state index contributed by atoms with van der Waals surface area (Å²) in [5.41, 5.74) is 10.2. The SMILES string of the molecule is CC/C=C1/C(c2cnn(C(CC)CC)c2)=NC(C(C=NCC(O)C(C)C)=CN)=CN1C. The Balaban J connectivity index is 2.39. The number of hydrogen-bond acceptors (Lipinski definition) is 6. The average Bonchev–Trinajstić information content (AvgIpc) is 3.23. The van der Waals surface area contributed by atoms with Gasteiger partial charge in [0.2, 0.25) is 0 Å². The average molecular weight is 427 g/mol. The summed E-state index contributed by atoms with van der Waals surface area (Å²) in [5.74, 6) is 0.153. The topological polar surface area (TPSA) is 92.0 Å². The summed E-state index contributed by atoms with van der Waals surface area (Å²) >= 11 is 0. The van der Waals surface area contributed by atoms with Crippen molar-refractivity contribution in [1.29, 1.82) is 0 Å². The monoisotopic (exact) mass is 426 g/mol. The highest BCUT2D eigenvalue weighted by Gasteiger charge is 2.22. The van der Waals surface area contributed by atoms with E-state index in [9.17, 15) is 5.11 Å². The minimum Gasteiger partial charge on any atom is -0.404 e. The zero-order chi connectivity index (χ0) is 23.0. The van der Waals surface area contributed by atoms with E-state index in [1.54, 1.807) is 6.21 Å². The van der Waals surface area contributed by atoms with Gasteiger partial charge in [-0.15, -0.1) is 0 Å². The molecule has 7 nitrogen and oxygen atoms in total. The van der Waals surface area contributed by atoms with Crippen LogP contribution in [0, 0.1) is 5.92 Å². The van der Waals surface area contributed by atoms with Crippen LogP contribution in [0.2, 0.25) is 0 Å². The summed E-state index contributed by atoms with van der Waals surface area (Å²) in [7, 11) is 2.01. The highest BCUT2D eigenvalue weighted by atomic mass is 16.3. The van der Waals surface area contributed by atoms with Crippen molar-refractivity contribution in [3.8, 4) is 0 Å². The number of nitrogens with zero attached hydrogens (tertiary/aromatic N) is 5. The lowest BCUT2D eigenvalue weighted by molar-refractivity contribution is 0.134. The molecule has 1 atom stereocenters. The lowest BCUT2D eigenvalue weighted by Gasteiger charge is -2.26. The molecule has 0 bridgehead atoms. The van der Waals surface area contributed by atoms with E-state index in [4.69, 9.17) is 10.7 Å². The first-order valence-electron chi connectivity index (χ1n) is 11.2. The minimum absolute atomic E-state index is 0.153. The molecule has 2 rings (SSSR count). The van der Waals surface area contributed by atoms with Crippen LogP contribution < -0.4 is 5.73 Å². The second-order valence-electron chi connectivity index (χ2n) is 8.19. The molecular weight excluding hydrogens is 388 g/mol. The molecule has 1 aliphatic rings. The van der Waals surface area contributed by atoms with Crippen LogP contribution in [-0.2, 0) is 0 Å². The molecule has 31 heavy (non-hydrogen) atoms. The molecule has 2 heterocycles. The Kier molecular flexibility index (Phi) is 9.24. The van der Waals surface area contributed by atoms with Gasteiger partial charge in [0, 0.05) is 43.0 Å². The Morgan fingerprint density at radius 1 is 1.26 bits per heavy atom. The number of aromatic nitrogens is 2. The predicted octanol–water partition coefficient (Wildman–Crippen LogP) is 4.04. The zero-order valence-electron chi connectivity index (χ0n) is 19.8. The van der Waals surface area contributed by atoms with Crippen molar-refractivity contribution in [2.45, 2.75) is 66.0 Å². The molecule has 0 saturated heterocycles. The highest BCUT2D eigenvalue weighted by Crippen LogP contribution is 2.25. The maximum Gasteiger partial charge on any atom is 0.0974 e. The first-order valence-corrected chi connectivity index (χ1v) is 11.2. The van der Waals surface area contributed by atoms with Gasteiger partial charge in [-0.2, -0.15) is 5.10 Å². The van der Waals surface area contributed by atoms with Gasteiger partial charge < -0.3 is 15.7 Å². The van der Waals surface area contributed by atoms with Gasteiger partial charge in [0.15, 0.2) is 0 Å². The van der Waals surface area contributed by atoms with Gasteiger partial charge in [-0.05, 0) is 25.2 Å². The Bertz CT molecular complexity index is 870. The summed E-state index contributed by atoms with van der Waals surface area (Å²) in [6.07, 6.45) is 13.8. The van der Waals surface area contributed by atoms with E-state index < -0.39 is 6.10 Å². The summed E-state index contributed by atoms with van der Waals surface area (Å²) in [5, 5.41) is 14.6. The van der Waals surface area contributed by atoms with Crippen molar-refractivity contribution in [3.63, 3.8) is 0 Å². The Morgan fingerprint density at radius 2 is 1.97 bits per heavy atom. The third-order valence-electron chi connectivity index (χ3n) is 5.53. The minimum atomic E-state index is -0.479. The van der Waals surface area contributed by atoms with Crippen LogP contribution in [0.3, 0.4) is 0 Å². The maximum atomic E-state index is 10.0. The fraction of sp³-hybridized carbons (Fsp3) is 0.542. The fourth-order valence-electron chi connectivity index (χ4n) is 3.40. The number of rotatable bonds is 10. The van der Waals surface area contributed by atoms with Crippen molar-refractivity contribution < 1.29 is 5.11 Å². The number of hydrogen-bond donors (Lipinski definition) is 2. The van der Waals surface area contributed by atoms with Crippen molar-refractivity contribution in [2.24, 2.45) is 21.6 Å². The summed E-state index contributed by atoms with van der Waals surface area (Å²) in [6, 6.07) is 0.378. The molecule has 7 heteroatoms. The molecule has 3 N–H and O–H groups in total. The molecule has 1 unspecified atom stereocenters. The van der Waals surface area contributed by atoms with E-state index in [1.165, 1.54) is 6.20 Å². The molecule has 1 aliphatic heterocycles. The molecule has 0 amide bonds. The number of aliphatic imine (C=N–C) groups is 2. The normalized spacial score (nSPS) is 17.8. The van der Waals surface area contributed by atoms with Crippen molar-refractivity contribution >= 4 is 11.9 Å². The van der Waals surface area contributed by atoms with Crippen molar-refractivity contribution in [3.05, 3.63) is 53.4 Å². The van der Waals surface area contributed by atoms with Gasteiger partial charge in [-0.25, -0.2) is 4.99 Å². The fourth-order valence-corrected chi connectivity index (χ4v) is 3.40. The molecule has 1 aromatic rings. The number of allylic oxidation sites excluding steroid dienone is 3. The zero-order valence-corrected chi connectivity index (χ0v) is 19.8. The largest absolute Gasteiger partial charge is 0.404 e. The summed E-state index contributed by atoms with van der Waals surface area (Å²) in [4.78, 5) is 11.4. The second kappa shape index (κ2) is 11.6. The summed E-state index contributed by atoms with van der Waals surface area (Å²) in [6.45, 7) is 10.7. The lowest BCUT2D eigenvalue weighted by Crippen LogP contribution is -2.24. The van der Waals surface area contributed by atoms with Crippen LogP contribution in [0.1, 0.15) is 65.5 Å². The van der Waals surface area contributed by atoms with E-state index in [2.05, 4.69) is 48.0 Å². The van der Waals surface area contributed by atoms with E-state index in [0.29, 0.717) is 18.2 Å². The molecule has 170 valence electrons. The van der Waals surface area contributed by atoms with Gasteiger partial charge in [-0.3, -0.25) is 9.67 Å². The van der Waals surface area contributed by atoms with Gasteiger partial charge in [0.05, 0.1) is 42.0 Å².